The average molecular weight is 347 g/mol. The molecule has 1 aliphatic rings. The van der Waals surface area contributed by atoms with E-state index in [0.717, 1.165) is 4.47 Å². The fourth-order valence-electron chi connectivity index (χ4n) is 2.03. The number of sulfonamides is 1. The van der Waals surface area contributed by atoms with Gasteiger partial charge in [0, 0.05) is 30.5 Å². The molecule has 19 heavy (non-hydrogen) atoms. The summed E-state index contributed by atoms with van der Waals surface area (Å²) < 4.78 is 27.3. The molecule has 0 aliphatic carbocycles. The normalized spacial score (nSPS) is 17.9. The summed E-state index contributed by atoms with van der Waals surface area (Å²) in [6.07, 6.45) is 0.203. The van der Waals surface area contributed by atoms with Crippen LogP contribution in [0.1, 0.15) is 12.0 Å². The molecular weight excluding hydrogens is 332 g/mol. The zero-order valence-electron chi connectivity index (χ0n) is 10.5. The fourth-order valence-corrected chi connectivity index (χ4v) is 4.15. The summed E-state index contributed by atoms with van der Waals surface area (Å²) in [5.41, 5.74) is 0.693. The smallest absolute Gasteiger partial charge is 0.243 e. The van der Waals surface area contributed by atoms with Crippen LogP contribution in [-0.2, 0) is 14.8 Å². The SMILES string of the molecule is Cc1cc(Br)ccc1S(=O)(=O)N1CCNC(=O)CC1. The minimum Gasteiger partial charge on any atom is -0.355 e. The zero-order chi connectivity index (χ0) is 14.0. The van der Waals surface area contributed by atoms with Gasteiger partial charge in [0.15, 0.2) is 0 Å². The molecule has 1 heterocycles. The highest BCUT2D eigenvalue weighted by atomic mass is 79.9. The van der Waals surface area contributed by atoms with E-state index in [2.05, 4.69) is 21.2 Å². The Morgan fingerprint density at radius 1 is 1.32 bits per heavy atom. The number of carbonyl (C=O) groups excluding carboxylic acids is 1. The molecule has 1 N–H and O–H groups in total. The van der Waals surface area contributed by atoms with Crippen molar-refractivity contribution in [2.45, 2.75) is 18.2 Å². The minimum absolute atomic E-state index is 0.106. The molecule has 0 aromatic heterocycles. The van der Waals surface area contributed by atoms with Gasteiger partial charge in [-0.05, 0) is 30.7 Å². The van der Waals surface area contributed by atoms with Crippen molar-refractivity contribution in [3.8, 4) is 0 Å². The minimum atomic E-state index is -3.54. The summed E-state index contributed by atoms with van der Waals surface area (Å²) >= 11 is 3.32. The highest BCUT2D eigenvalue weighted by Gasteiger charge is 2.27. The van der Waals surface area contributed by atoms with Crippen molar-refractivity contribution >= 4 is 31.9 Å². The van der Waals surface area contributed by atoms with Crippen LogP contribution in [0.2, 0.25) is 0 Å². The van der Waals surface area contributed by atoms with Gasteiger partial charge in [-0.1, -0.05) is 15.9 Å². The van der Waals surface area contributed by atoms with Crippen molar-refractivity contribution in [2.24, 2.45) is 0 Å². The maximum Gasteiger partial charge on any atom is 0.243 e. The van der Waals surface area contributed by atoms with Gasteiger partial charge in [0.2, 0.25) is 15.9 Å². The summed E-state index contributed by atoms with van der Waals surface area (Å²) in [6.45, 7) is 2.65. The lowest BCUT2D eigenvalue weighted by Gasteiger charge is -2.20. The Kier molecular flexibility index (Phi) is 4.27. The van der Waals surface area contributed by atoms with Crippen LogP contribution in [0, 0.1) is 6.92 Å². The maximum absolute atomic E-state index is 12.6. The van der Waals surface area contributed by atoms with Gasteiger partial charge in [0.05, 0.1) is 4.90 Å². The van der Waals surface area contributed by atoms with Crippen LogP contribution in [-0.4, -0.2) is 38.3 Å². The first-order chi connectivity index (χ1) is 8.91. The Hall–Kier alpha value is -0.920. The van der Waals surface area contributed by atoms with Gasteiger partial charge in [-0.2, -0.15) is 4.31 Å². The van der Waals surface area contributed by atoms with Crippen LogP contribution >= 0.6 is 15.9 Å². The predicted molar refractivity (Wildman–Crippen MR) is 75.3 cm³/mol. The highest BCUT2D eigenvalue weighted by molar-refractivity contribution is 9.10. The summed E-state index contributed by atoms with van der Waals surface area (Å²) in [7, 11) is -3.54. The van der Waals surface area contributed by atoms with E-state index in [-0.39, 0.29) is 18.9 Å². The Morgan fingerprint density at radius 3 is 2.74 bits per heavy atom. The number of nitrogens with one attached hydrogen (secondary N) is 1. The number of halogens is 1. The molecule has 1 aromatic carbocycles. The van der Waals surface area contributed by atoms with Crippen molar-refractivity contribution < 1.29 is 13.2 Å². The lowest BCUT2D eigenvalue weighted by Crippen LogP contribution is -2.34. The second-order valence-corrected chi connectivity index (χ2v) is 7.24. The largest absolute Gasteiger partial charge is 0.355 e. The van der Waals surface area contributed by atoms with Crippen LogP contribution in [0.4, 0.5) is 0 Å². The van der Waals surface area contributed by atoms with E-state index in [1.807, 2.05) is 0 Å². The first-order valence-corrected chi connectivity index (χ1v) is 8.17. The Balaban J connectivity index is 2.33. The molecule has 0 unspecified atom stereocenters. The van der Waals surface area contributed by atoms with Crippen LogP contribution in [0.15, 0.2) is 27.6 Å². The Morgan fingerprint density at radius 2 is 2.05 bits per heavy atom. The van der Waals surface area contributed by atoms with Crippen molar-refractivity contribution in [3.63, 3.8) is 0 Å². The number of amides is 1. The predicted octanol–water partition coefficient (Wildman–Crippen LogP) is 1.27. The molecule has 0 atom stereocenters. The van der Waals surface area contributed by atoms with Gasteiger partial charge >= 0.3 is 0 Å². The lowest BCUT2D eigenvalue weighted by atomic mass is 10.2. The summed E-state index contributed by atoms with van der Waals surface area (Å²) in [4.78, 5) is 11.6. The maximum atomic E-state index is 12.6. The molecule has 7 heteroatoms. The number of benzene rings is 1. The van der Waals surface area contributed by atoms with Gasteiger partial charge in [-0.25, -0.2) is 8.42 Å². The van der Waals surface area contributed by atoms with Crippen LogP contribution in [0.3, 0.4) is 0 Å². The molecule has 0 spiro atoms. The molecule has 0 saturated carbocycles. The highest BCUT2D eigenvalue weighted by Crippen LogP contribution is 2.23. The monoisotopic (exact) mass is 346 g/mol. The first-order valence-electron chi connectivity index (χ1n) is 5.94. The molecule has 1 saturated heterocycles. The fraction of sp³-hybridized carbons (Fsp3) is 0.417. The molecule has 1 aromatic rings. The van der Waals surface area contributed by atoms with E-state index in [1.54, 1.807) is 25.1 Å². The summed E-state index contributed by atoms with van der Waals surface area (Å²) in [5, 5.41) is 2.67. The summed E-state index contributed by atoms with van der Waals surface area (Å²) in [6, 6.07) is 5.07. The number of hydrogen-bond donors (Lipinski definition) is 1. The number of hydrogen-bond acceptors (Lipinski definition) is 3. The third-order valence-electron chi connectivity index (χ3n) is 3.03. The second kappa shape index (κ2) is 5.60. The van der Waals surface area contributed by atoms with Crippen LogP contribution in [0.25, 0.3) is 0 Å². The van der Waals surface area contributed by atoms with E-state index in [4.69, 9.17) is 0 Å². The third kappa shape index (κ3) is 3.16. The molecule has 2 rings (SSSR count). The first kappa shape index (κ1) is 14.5. The number of rotatable bonds is 2. The van der Waals surface area contributed by atoms with E-state index in [1.165, 1.54) is 4.31 Å². The second-order valence-electron chi connectivity index (χ2n) is 4.41. The number of carbonyl (C=O) groups is 1. The van der Waals surface area contributed by atoms with Crippen molar-refractivity contribution in [1.82, 2.24) is 9.62 Å². The van der Waals surface area contributed by atoms with Gasteiger partial charge in [0.1, 0.15) is 0 Å². The van der Waals surface area contributed by atoms with Gasteiger partial charge in [-0.3, -0.25) is 4.79 Å². The van der Waals surface area contributed by atoms with E-state index >= 15 is 0 Å². The zero-order valence-corrected chi connectivity index (χ0v) is 12.9. The topological polar surface area (TPSA) is 66.5 Å². The van der Waals surface area contributed by atoms with Crippen LogP contribution < -0.4 is 5.32 Å². The lowest BCUT2D eigenvalue weighted by molar-refractivity contribution is -0.120. The van der Waals surface area contributed by atoms with Crippen molar-refractivity contribution in [1.29, 1.82) is 0 Å². The average Bonchev–Trinajstić information content (AvgIpc) is 2.53. The van der Waals surface area contributed by atoms with Gasteiger partial charge in [0.25, 0.3) is 0 Å². The molecule has 1 fully saturated rings. The molecule has 104 valence electrons. The molecule has 5 nitrogen and oxygen atoms in total. The molecular formula is C12H15BrN2O3S. The van der Waals surface area contributed by atoms with E-state index in [0.29, 0.717) is 23.5 Å². The third-order valence-corrected chi connectivity index (χ3v) is 5.58. The Bertz CT molecular complexity index is 601. The Labute approximate surface area is 121 Å². The van der Waals surface area contributed by atoms with E-state index in [9.17, 15) is 13.2 Å². The number of aryl methyl sites for hydroxylation is 1. The van der Waals surface area contributed by atoms with E-state index < -0.39 is 10.0 Å². The summed E-state index contributed by atoms with van der Waals surface area (Å²) in [5.74, 6) is -0.106. The standard InChI is InChI=1S/C12H15BrN2O3S/c1-9-8-10(13)2-3-11(9)19(17,18)15-6-4-12(16)14-5-7-15/h2-3,8H,4-7H2,1H3,(H,14,16). The molecule has 1 amide bonds. The van der Waals surface area contributed by atoms with Gasteiger partial charge in [-0.15, -0.1) is 0 Å². The number of nitrogens with zero attached hydrogens (tertiary/aromatic N) is 1. The van der Waals surface area contributed by atoms with Crippen molar-refractivity contribution in [3.05, 3.63) is 28.2 Å². The van der Waals surface area contributed by atoms with Crippen LogP contribution in [0.5, 0.6) is 0 Å². The quantitative estimate of drug-likeness (QED) is 0.876. The molecule has 1 aliphatic heterocycles. The van der Waals surface area contributed by atoms with Gasteiger partial charge < -0.3 is 5.32 Å². The molecule has 0 radical (unpaired) electrons. The van der Waals surface area contributed by atoms with Crippen molar-refractivity contribution in [2.75, 3.05) is 19.6 Å². The molecule has 0 bridgehead atoms.